The molecule has 1 fully saturated rings. The van der Waals surface area contributed by atoms with Crippen molar-refractivity contribution < 1.29 is 14.7 Å². The van der Waals surface area contributed by atoms with Gasteiger partial charge in [-0.3, -0.25) is 4.90 Å². The normalized spacial score (nSPS) is 18.3. The van der Waals surface area contributed by atoms with Crippen LogP contribution in [0.15, 0.2) is 18.3 Å². The van der Waals surface area contributed by atoms with Crippen molar-refractivity contribution in [2.75, 3.05) is 32.0 Å². The van der Waals surface area contributed by atoms with Gasteiger partial charge in [0.2, 0.25) is 0 Å². The molecule has 2 rings (SSSR count). The number of hydrogen-bond acceptors (Lipinski definition) is 4. The van der Waals surface area contributed by atoms with E-state index in [9.17, 15) is 9.59 Å². The minimum atomic E-state index is -1.16. The van der Waals surface area contributed by atoms with Crippen LogP contribution in [0, 0.1) is 0 Å². The molecule has 1 aromatic rings. The Morgan fingerprint density at radius 1 is 1.38 bits per heavy atom. The molecule has 2 amide bonds. The number of urea groups is 1. The fourth-order valence-electron chi connectivity index (χ4n) is 2.28. The summed E-state index contributed by atoms with van der Waals surface area (Å²) in [4.78, 5) is 31.1. The number of nitrogens with zero attached hydrogens (tertiary/aromatic N) is 3. The summed E-state index contributed by atoms with van der Waals surface area (Å²) >= 11 is 0. The number of carbonyl (C=O) groups is 2. The van der Waals surface area contributed by atoms with Gasteiger partial charge in [0.15, 0.2) is 5.69 Å². The van der Waals surface area contributed by atoms with E-state index in [0.29, 0.717) is 13.1 Å². The number of carboxylic acids is 1. The molecular weight excluding hydrogens is 272 g/mol. The second kappa shape index (κ2) is 5.69. The van der Waals surface area contributed by atoms with Crippen molar-refractivity contribution in [1.82, 2.24) is 14.8 Å². The van der Waals surface area contributed by atoms with Crippen molar-refractivity contribution >= 4 is 17.7 Å². The lowest BCUT2D eigenvalue weighted by atomic mass is 10.00. The molecule has 0 bridgehead atoms. The van der Waals surface area contributed by atoms with Crippen LogP contribution in [0.25, 0.3) is 0 Å². The number of piperazine rings is 1. The van der Waals surface area contributed by atoms with Gasteiger partial charge in [0, 0.05) is 31.4 Å². The first-order valence-electron chi connectivity index (χ1n) is 6.77. The number of carboxylic acid groups (broad SMARTS) is 1. The quantitative estimate of drug-likeness (QED) is 0.859. The third-order valence-corrected chi connectivity index (χ3v) is 3.86. The van der Waals surface area contributed by atoms with Crippen LogP contribution in [0.5, 0.6) is 0 Å². The van der Waals surface area contributed by atoms with E-state index in [0.717, 1.165) is 6.54 Å². The molecule has 0 atom stereocenters. The third kappa shape index (κ3) is 3.30. The maximum Gasteiger partial charge on any atom is 0.356 e. The zero-order valence-corrected chi connectivity index (χ0v) is 12.5. The minimum absolute atomic E-state index is 0.111. The highest BCUT2D eigenvalue weighted by Gasteiger charge is 2.33. The van der Waals surface area contributed by atoms with Crippen LogP contribution < -0.4 is 5.32 Å². The maximum atomic E-state index is 12.3. The summed E-state index contributed by atoms with van der Waals surface area (Å²) in [6.45, 7) is 6.10. The molecule has 7 nitrogen and oxygen atoms in total. The number of amides is 2. The van der Waals surface area contributed by atoms with Gasteiger partial charge >= 0.3 is 12.0 Å². The van der Waals surface area contributed by atoms with E-state index in [2.05, 4.69) is 29.0 Å². The standard InChI is InChI=1S/C14H20N4O3/c1-14(2)9-18(8-7-17(14)3)13(21)16-10-5-4-6-15-11(10)12(19)20/h4-6H,7-9H2,1-3H3,(H,16,21)(H,19,20). The molecule has 1 aliphatic heterocycles. The Balaban J connectivity index is 2.11. The van der Waals surface area contributed by atoms with Crippen LogP contribution in [0.3, 0.4) is 0 Å². The molecule has 2 N–H and O–H groups in total. The number of likely N-dealkylation sites (N-methyl/N-ethyl adjacent to an activating group) is 1. The largest absolute Gasteiger partial charge is 0.476 e. The van der Waals surface area contributed by atoms with Crippen LogP contribution in [0.2, 0.25) is 0 Å². The van der Waals surface area contributed by atoms with Gasteiger partial charge in [-0.15, -0.1) is 0 Å². The van der Waals surface area contributed by atoms with Gasteiger partial charge in [0.1, 0.15) is 0 Å². The van der Waals surface area contributed by atoms with Crippen molar-refractivity contribution in [3.8, 4) is 0 Å². The lowest BCUT2D eigenvalue weighted by Gasteiger charge is -2.45. The molecule has 0 saturated carbocycles. The summed E-state index contributed by atoms with van der Waals surface area (Å²) in [5.74, 6) is -1.16. The van der Waals surface area contributed by atoms with Crippen molar-refractivity contribution in [1.29, 1.82) is 0 Å². The molecular formula is C14H20N4O3. The molecule has 1 saturated heterocycles. The van der Waals surface area contributed by atoms with Gasteiger partial charge in [0.05, 0.1) is 5.69 Å². The Kier molecular flexibility index (Phi) is 4.13. The fourth-order valence-corrected chi connectivity index (χ4v) is 2.28. The molecule has 21 heavy (non-hydrogen) atoms. The van der Waals surface area contributed by atoms with E-state index < -0.39 is 5.97 Å². The lowest BCUT2D eigenvalue weighted by molar-refractivity contribution is 0.0608. The van der Waals surface area contributed by atoms with Crippen LogP contribution >= 0.6 is 0 Å². The van der Waals surface area contributed by atoms with Crippen molar-refractivity contribution in [2.45, 2.75) is 19.4 Å². The second-order valence-electron chi connectivity index (χ2n) is 5.79. The zero-order valence-electron chi connectivity index (χ0n) is 12.5. The van der Waals surface area contributed by atoms with Gasteiger partial charge < -0.3 is 15.3 Å². The molecule has 1 aromatic heterocycles. The van der Waals surface area contributed by atoms with Crippen molar-refractivity contribution in [3.63, 3.8) is 0 Å². The summed E-state index contributed by atoms with van der Waals surface area (Å²) in [5.41, 5.74) is -0.0499. The highest BCUT2D eigenvalue weighted by molar-refractivity contribution is 5.98. The van der Waals surface area contributed by atoms with E-state index in [1.165, 1.54) is 12.3 Å². The predicted molar refractivity (Wildman–Crippen MR) is 78.5 cm³/mol. The first-order valence-corrected chi connectivity index (χ1v) is 6.77. The molecule has 114 valence electrons. The molecule has 0 aromatic carbocycles. The highest BCUT2D eigenvalue weighted by Crippen LogP contribution is 2.20. The average molecular weight is 292 g/mol. The van der Waals surface area contributed by atoms with Gasteiger partial charge in [-0.1, -0.05) is 0 Å². The number of pyridine rings is 1. The molecule has 1 aliphatic rings. The predicted octanol–water partition coefficient (Wildman–Crippen LogP) is 1.34. The molecule has 0 spiro atoms. The van der Waals surface area contributed by atoms with Gasteiger partial charge in [-0.05, 0) is 33.0 Å². The number of hydrogen-bond donors (Lipinski definition) is 2. The van der Waals surface area contributed by atoms with E-state index in [4.69, 9.17) is 5.11 Å². The summed E-state index contributed by atoms with van der Waals surface area (Å²) < 4.78 is 0. The van der Waals surface area contributed by atoms with Crippen LogP contribution in [-0.4, -0.2) is 64.1 Å². The number of aromatic nitrogens is 1. The van der Waals surface area contributed by atoms with Gasteiger partial charge in [-0.25, -0.2) is 14.6 Å². The van der Waals surface area contributed by atoms with E-state index in [1.807, 2.05) is 7.05 Å². The third-order valence-electron chi connectivity index (χ3n) is 3.86. The topological polar surface area (TPSA) is 85.8 Å². The SMILES string of the molecule is CN1CCN(C(=O)Nc2cccnc2C(=O)O)CC1(C)C. The Bertz CT molecular complexity index is 559. The number of carbonyl (C=O) groups excluding carboxylic acids is 1. The van der Waals surface area contributed by atoms with Crippen LogP contribution in [0.1, 0.15) is 24.3 Å². The number of aromatic carboxylic acids is 1. The summed E-state index contributed by atoms with van der Waals surface area (Å²) in [6, 6.07) is 2.83. The minimum Gasteiger partial charge on any atom is -0.476 e. The zero-order chi connectivity index (χ0) is 15.6. The summed E-state index contributed by atoms with van der Waals surface area (Å²) in [6.07, 6.45) is 1.39. The molecule has 0 radical (unpaired) electrons. The first kappa shape index (κ1) is 15.2. The Morgan fingerprint density at radius 2 is 2.10 bits per heavy atom. The average Bonchev–Trinajstić information content (AvgIpc) is 2.42. The maximum absolute atomic E-state index is 12.3. The fraction of sp³-hybridized carbons (Fsp3) is 0.500. The first-order chi connectivity index (χ1) is 9.81. The van der Waals surface area contributed by atoms with Crippen LogP contribution in [-0.2, 0) is 0 Å². The molecule has 0 aliphatic carbocycles. The second-order valence-corrected chi connectivity index (χ2v) is 5.79. The molecule has 7 heteroatoms. The Hall–Kier alpha value is -2.15. The monoisotopic (exact) mass is 292 g/mol. The smallest absolute Gasteiger partial charge is 0.356 e. The summed E-state index contributed by atoms with van der Waals surface area (Å²) in [5, 5.41) is 11.7. The number of rotatable bonds is 2. The number of nitrogens with one attached hydrogen (secondary N) is 1. The van der Waals surface area contributed by atoms with E-state index in [1.54, 1.807) is 11.0 Å². The molecule has 0 unspecified atom stereocenters. The highest BCUT2D eigenvalue weighted by atomic mass is 16.4. The van der Waals surface area contributed by atoms with E-state index >= 15 is 0 Å². The van der Waals surface area contributed by atoms with Crippen LogP contribution in [0.4, 0.5) is 10.5 Å². The Morgan fingerprint density at radius 3 is 2.71 bits per heavy atom. The summed E-state index contributed by atoms with van der Waals surface area (Å²) in [7, 11) is 2.03. The molecule has 2 heterocycles. The van der Waals surface area contributed by atoms with Crippen molar-refractivity contribution in [2.24, 2.45) is 0 Å². The van der Waals surface area contributed by atoms with Crippen molar-refractivity contribution in [3.05, 3.63) is 24.0 Å². The van der Waals surface area contributed by atoms with Gasteiger partial charge in [-0.2, -0.15) is 0 Å². The van der Waals surface area contributed by atoms with E-state index in [-0.39, 0.29) is 23.0 Å². The lowest BCUT2D eigenvalue weighted by Crippen LogP contribution is -2.59. The Labute approximate surface area is 123 Å². The number of anilines is 1. The van der Waals surface area contributed by atoms with Gasteiger partial charge in [0.25, 0.3) is 0 Å².